The number of hydrogen-bond donors (Lipinski definition) is 0. The van der Waals surface area contributed by atoms with E-state index in [4.69, 9.17) is 4.42 Å². The maximum atomic E-state index is 13.5. The van der Waals surface area contributed by atoms with Crippen molar-refractivity contribution in [3.63, 3.8) is 0 Å². The highest BCUT2D eigenvalue weighted by Crippen LogP contribution is 2.41. The van der Waals surface area contributed by atoms with E-state index < -0.39 is 0 Å². The largest absolute Gasteiger partial charge is 0.461 e. The van der Waals surface area contributed by atoms with Crippen LogP contribution in [-0.2, 0) is 11.2 Å². The molecule has 0 bridgehead atoms. The van der Waals surface area contributed by atoms with E-state index in [1.807, 2.05) is 36.9 Å². The van der Waals surface area contributed by atoms with Crippen molar-refractivity contribution in [2.45, 2.75) is 26.2 Å². The monoisotopic (exact) mass is 401 g/mol. The van der Waals surface area contributed by atoms with Crippen molar-refractivity contribution in [2.24, 2.45) is 0 Å². The number of hydrogen-bond acceptors (Lipinski definition) is 2. The Morgan fingerprint density at radius 2 is 2.04 bits per heavy atom. The Morgan fingerprint density at radius 1 is 1.24 bits per heavy atom. The summed E-state index contributed by atoms with van der Waals surface area (Å²) in [6.07, 6.45) is 0.473. The second-order valence-corrected chi connectivity index (χ2v) is 7.25. The van der Waals surface area contributed by atoms with Crippen LogP contribution in [0.4, 0.5) is 10.1 Å². The zero-order valence-electron chi connectivity index (χ0n) is 14.0. The number of carbonyl (C=O) groups is 1. The van der Waals surface area contributed by atoms with Gasteiger partial charge in [-0.25, -0.2) is 4.39 Å². The van der Waals surface area contributed by atoms with Crippen molar-refractivity contribution in [2.75, 3.05) is 11.4 Å². The van der Waals surface area contributed by atoms with E-state index >= 15 is 0 Å². The molecule has 4 rings (SSSR count). The number of fused-ring (bicyclic) bond motifs is 2. The molecular weight excluding hydrogens is 385 g/mol. The first-order valence-corrected chi connectivity index (χ1v) is 9.07. The van der Waals surface area contributed by atoms with Crippen LogP contribution in [0, 0.1) is 12.7 Å². The molecule has 0 spiro atoms. The van der Waals surface area contributed by atoms with Gasteiger partial charge in [0.05, 0.1) is 5.92 Å². The number of amides is 1. The molecule has 1 aromatic heterocycles. The van der Waals surface area contributed by atoms with Gasteiger partial charge < -0.3 is 9.32 Å². The first kappa shape index (κ1) is 16.3. The van der Waals surface area contributed by atoms with Crippen LogP contribution in [0.3, 0.4) is 0 Å². The molecule has 0 N–H and O–H groups in total. The number of carbonyl (C=O) groups excluding carboxylic acids is 1. The average Bonchev–Trinajstić information content (AvgIpc) is 3.03. The van der Waals surface area contributed by atoms with E-state index in [-0.39, 0.29) is 17.6 Å². The summed E-state index contributed by atoms with van der Waals surface area (Å²) in [5, 5.41) is 0.766. The van der Waals surface area contributed by atoms with Gasteiger partial charge in [-0.1, -0.05) is 15.9 Å². The minimum Gasteiger partial charge on any atom is -0.461 e. The lowest BCUT2D eigenvalue weighted by atomic mass is 9.94. The van der Waals surface area contributed by atoms with Crippen molar-refractivity contribution in [3.05, 3.63) is 63.6 Å². The fraction of sp³-hybridized carbons (Fsp3) is 0.250. The van der Waals surface area contributed by atoms with Gasteiger partial charge in [0.15, 0.2) is 0 Å². The molecule has 2 aromatic carbocycles. The number of anilines is 1. The van der Waals surface area contributed by atoms with Crippen molar-refractivity contribution in [3.8, 4) is 0 Å². The minimum absolute atomic E-state index is 0.0848. The van der Waals surface area contributed by atoms with Crippen LogP contribution in [-0.4, -0.2) is 12.5 Å². The lowest BCUT2D eigenvalue weighted by Gasteiger charge is -2.15. The SMILES string of the molecule is CCN1C(=O)[C@@H](Cc2oc3ccc(F)cc3c2C)c2cc(Br)ccc21. The number of benzene rings is 2. The van der Waals surface area contributed by atoms with E-state index in [0.29, 0.717) is 18.5 Å². The summed E-state index contributed by atoms with van der Waals surface area (Å²) in [5.41, 5.74) is 3.52. The molecule has 0 saturated heterocycles. The molecule has 0 fully saturated rings. The highest BCUT2D eigenvalue weighted by molar-refractivity contribution is 9.10. The molecule has 0 unspecified atom stereocenters. The quantitative estimate of drug-likeness (QED) is 0.593. The van der Waals surface area contributed by atoms with Gasteiger partial charge >= 0.3 is 0 Å². The zero-order valence-corrected chi connectivity index (χ0v) is 15.6. The lowest BCUT2D eigenvalue weighted by Crippen LogP contribution is -2.29. The van der Waals surface area contributed by atoms with Gasteiger partial charge in [0, 0.05) is 28.5 Å². The van der Waals surface area contributed by atoms with E-state index in [9.17, 15) is 9.18 Å². The topological polar surface area (TPSA) is 33.5 Å². The second kappa shape index (κ2) is 5.99. The maximum absolute atomic E-state index is 13.5. The normalized spacial score (nSPS) is 16.7. The minimum atomic E-state index is -0.286. The zero-order chi connectivity index (χ0) is 17.7. The standard InChI is InChI=1S/C20H17BrFNO2/c1-3-23-17-6-4-12(21)8-15(17)16(20(23)24)10-19-11(2)14-9-13(22)5-7-18(14)25-19/h4-9,16H,3,10H2,1-2H3/t16-/m0/s1. The molecule has 25 heavy (non-hydrogen) atoms. The van der Waals surface area contributed by atoms with Gasteiger partial charge in [0.25, 0.3) is 0 Å². The van der Waals surface area contributed by atoms with Crippen LogP contribution in [0.5, 0.6) is 0 Å². The summed E-state index contributed by atoms with van der Waals surface area (Å²) < 4.78 is 20.4. The molecule has 1 atom stereocenters. The fourth-order valence-corrected chi connectivity index (χ4v) is 4.02. The first-order chi connectivity index (χ1) is 12.0. The van der Waals surface area contributed by atoms with Gasteiger partial charge in [-0.05, 0) is 61.4 Å². The summed E-state index contributed by atoms with van der Waals surface area (Å²) in [6, 6.07) is 10.4. The molecule has 0 radical (unpaired) electrons. The second-order valence-electron chi connectivity index (χ2n) is 6.33. The van der Waals surface area contributed by atoms with Crippen molar-refractivity contribution >= 4 is 38.5 Å². The molecule has 3 aromatic rings. The van der Waals surface area contributed by atoms with E-state index in [1.54, 1.807) is 6.07 Å². The molecule has 0 saturated carbocycles. The van der Waals surface area contributed by atoms with Crippen LogP contribution in [0.2, 0.25) is 0 Å². The molecule has 5 heteroatoms. The number of nitrogens with zero attached hydrogens (tertiary/aromatic N) is 1. The number of aryl methyl sites for hydroxylation is 1. The highest BCUT2D eigenvalue weighted by atomic mass is 79.9. The van der Waals surface area contributed by atoms with E-state index in [2.05, 4.69) is 15.9 Å². The third-order valence-corrected chi connectivity index (χ3v) is 5.42. The Morgan fingerprint density at radius 3 is 2.80 bits per heavy atom. The van der Waals surface area contributed by atoms with Crippen LogP contribution in [0.25, 0.3) is 11.0 Å². The van der Waals surface area contributed by atoms with E-state index in [0.717, 1.165) is 32.4 Å². The Bertz CT molecular complexity index is 995. The lowest BCUT2D eigenvalue weighted by molar-refractivity contribution is -0.119. The smallest absolute Gasteiger partial charge is 0.235 e. The summed E-state index contributed by atoms with van der Waals surface area (Å²) >= 11 is 3.50. The highest BCUT2D eigenvalue weighted by Gasteiger charge is 2.37. The number of rotatable bonds is 3. The Labute approximate surface area is 153 Å². The summed E-state index contributed by atoms with van der Waals surface area (Å²) in [4.78, 5) is 14.7. The summed E-state index contributed by atoms with van der Waals surface area (Å²) in [7, 11) is 0. The van der Waals surface area contributed by atoms with Gasteiger partial charge in [0.1, 0.15) is 17.2 Å². The molecule has 3 nitrogen and oxygen atoms in total. The number of halogens is 2. The van der Waals surface area contributed by atoms with Gasteiger partial charge in [0.2, 0.25) is 5.91 Å². The molecule has 1 aliphatic heterocycles. The first-order valence-electron chi connectivity index (χ1n) is 8.28. The molecule has 128 valence electrons. The number of likely N-dealkylation sites (N-methyl/N-ethyl adjacent to an activating group) is 1. The molecule has 2 heterocycles. The maximum Gasteiger partial charge on any atom is 0.235 e. The Hall–Kier alpha value is -2.14. The summed E-state index contributed by atoms with van der Waals surface area (Å²) in [5.74, 6) is 0.257. The van der Waals surface area contributed by atoms with Gasteiger partial charge in [-0.3, -0.25) is 4.79 Å². The van der Waals surface area contributed by atoms with Gasteiger partial charge in [-0.15, -0.1) is 0 Å². The Kier molecular flexibility index (Phi) is 3.91. The van der Waals surface area contributed by atoms with Crippen molar-refractivity contribution in [1.82, 2.24) is 0 Å². The molecular formula is C20H17BrFNO2. The molecule has 1 aliphatic rings. The Balaban J connectivity index is 1.77. The fourth-order valence-electron chi connectivity index (χ4n) is 3.64. The third-order valence-electron chi connectivity index (χ3n) is 4.92. The van der Waals surface area contributed by atoms with Gasteiger partial charge in [-0.2, -0.15) is 0 Å². The average molecular weight is 402 g/mol. The van der Waals surface area contributed by atoms with Crippen LogP contribution < -0.4 is 4.90 Å². The van der Waals surface area contributed by atoms with Crippen molar-refractivity contribution in [1.29, 1.82) is 0 Å². The predicted molar refractivity (Wildman–Crippen MR) is 99.5 cm³/mol. The van der Waals surface area contributed by atoms with Crippen molar-refractivity contribution < 1.29 is 13.6 Å². The summed E-state index contributed by atoms with van der Waals surface area (Å²) in [6.45, 7) is 4.52. The van der Waals surface area contributed by atoms with E-state index in [1.165, 1.54) is 12.1 Å². The molecule has 1 amide bonds. The number of furan rings is 1. The predicted octanol–water partition coefficient (Wildman–Crippen LogP) is 5.34. The third kappa shape index (κ3) is 2.58. The van der Waals surface area contributed by atoms with Crippen LogP contribution in [0.15, 0.2) is 45.3 Å². The van der Waals surface area contributed by atoms with Crippen LogP contribution >= 0.6 is 15.9 Å². The van der Waals surface area contributed by atoms with Crippen LogP contribution in [0.1, 0.15) is 29.7 Å². The molecule has 0 aliphatic carbocycles.